The number of furan rings is 1. The maximum absolute atomic E-state index is 12.1. The van der Waals surface area contributed by atoms with Gasteiger partial charge in [-0.1, -0.05) is 30.3 Å². The number of carbonyl (C=O) groups excluding carboxylic acids is 1. The Morgan fingerprint density at radius 1 is 1.10 bits per heavy atom. The number of nitrogens with one attached hydrogen (secondary N) is 3. The molecule has 1 atom stereocenters. The highest BCUT2D eigenvalue weighted by Gasteiger charge is 2.25. The molecule has 0 aliphatic carbocycles. The summed E-state index contributed by atoms with van der Waals surface area (Å²) < 4.78 is 5.65. The number of halogens is 1. The summed E-state index contributed by atoms with van der Waals surface area (Å²) in [5, 5.41) is 9.35. The third-order valence-corrected chi connectivity index (χ3v) is 5.13. The normalized spacial score (nSPS) is 15.3. The van der Waals surface area contributed by atoms with Crippen molar-refractivity contribution in [1.29, 1.82) is 0 Å². The quantitative estimate of drug-likeness (QED) is 0.267. The number of amides is 1. The zero-order valence-corrected chi connectivity index (χ0v) is 19.8. The van der Waals surface area contributed by atoms with Crippen molar-refractivity contribution in [2.45, 2.75) is 25.3 Å². The summed E-state index contributed by atoms with van der Waals surface area (Å²) in [6.07, 6.45) is 4.96. The molecule has 1 aromatic carbocycles. The van der Waals surface area contributed by atoms with Gasteiger partial charge >= 0.3 is 0 Å². The van der Waals surface area contributed by atoms with E-state index in [2.05, 4.69) is 38.0 Å². The van der Waals surface area contributed by atoms with E-state index in [1.807, 2.05) is 30.3 Å². The molecular formula is C22H32IN5O2. The van der Waals surface area contributed by atoms with Crippen LogP contribution in [0.3, 0.4) is 0 Å². The Kier molecular flexibility index (Phi) is 10.7. The fraction of sp³-hybridized carbons (Fsp3) is 0.455. The first-order valence-electron chi connectivity index (χ1n) is 10.3. The second kappa shape index (κ2) is 13.3. The van der Waals surface area contributed by atoms with Crippen LogP contribution < -0.4 is 16.0 Å². The fourth-order valence-corrected chi connectivity index (χ4v) is 3.58. The third kappa shape index (κ3) is 7.64. The van der Waals surface area contributed by atoms with Crippen LogP contribution in [-0.4, -0.2) is 56.5 Å². The number of hydrogen-bond acceptors (Lipinski definition) is 4. The molecule has 3 N–H and O–H groups in total. The van der Waals surface area contributed by atoms with Crippen LogP contribution in [0.1, 0.15) is 30.2 Å². The van der Waals surface area contributed by atoms with Crippen LogP contribution in [0.25, 0.3) is 0 Å². The largest absolute Gasteiger partial charge is 0.468 e. The number of nitrogens with zero attached hydrogens (tertiary/aromatic N) is 2. The predicted molar refractivity (Wildman–Crippen MR) is 130 cm³/mol. The lowest BCUT2D eigenvalue weighted by atomic mass is 10.1. The minimum atomic E-state index is -0.0500. The van der Waals surface area contributed by atoms with E-state index in [9.17, 15) is 4.79 Å². The molecule has 1 aromatic heterocycles. The third-order valence-electron chi connectivity index (χ3n) is 5.13. The zero-order chi connectivity index (χ0) is 20.3. The smallest absolute Gasteiger partial charge is 0.239 e. The van der Waals surface area contributed by atoms with Gasteiger partial charge in [0.15, 0.2) is 5.96 Å². The molecule has 1 fully saturated rings. The number of rotatable bonds is 9. The Morgan fingerprint density at radius 2 is 1.87 bits per heavy atom. The highest BCUT2D eigenvalue weighted by atomic mass is 127. The van der Waals surface area contributed by atoms with Crippen LogP contribution in [0, 0.1) is 0 Å². The summed E-state index contributed by atoms with van der Waals surface area (Å²) in [7, 11) is 1.71. The number of guanidine groups is 1. The first kappa shape index (κ1) is 24.2. The van der Waals surface area contributed by atoms with Crippen LogP contribution in [0.4, 0.5) is 0 Å². The monoisotopic (exact) mass is 525 g/mol. The minimum Gasteiger partial charge on any atom is -0.468 e. The summed E-state index contributed by atoms with van der Waals surface area (Å²) in [6, 6.07) is 14.2. The highest BCUT2D eigenvalue weighted by Crippen LogP contribution is 2.24. The Hall–Kier alpha value is -2.07. The standard InChI is InChI=1S/C22H31N5O2.HI/c1-23-22(26-17-21(28)24-12-11-18-8-3-2-4-9-18)25-16-19(20-10-7-15-29-20)27-13-5-6-14-27;/h2-4,7-10,15,19H,5-6,11-14,16-17H2,1H3,(H,24,28)(H2,23,25,26);1H. The molecule has 164 valence electrons. The number of benzene rings is 1. The lowest BCUT2D eigenvalue weighted by Gasteiger charge is -2.26. The molecule has 0 bridgehead atoms. The Balaban J connectivity index is 0.00000320. The Labute approximate surface area is 195 Å². The van der Waals surface area contributed by atoms with E-state index in [1.54, 1.807) is 13.3 Å². The van der Waals surface area contributed by atoms with Crippen molar-refractivity contribution in [3.05, 3.63) is 60.1 Å². The number of likely N-dealkylation sites (tertiary alicyclic amines) is 1. The van der Waals surface area contributed by atoms with E-state index >= 15 is 0 Å². The highest BCUT2D eigenvalue weighted by molar-refractivity contribution is 14.0. The van der Waals surface area contributed by atoms with Gasteiger partial charge < -0.3 is 20.4 Å². The van der Waals surface area contributed by atoms with Gasteiger partial charge in [0, 0.05) is 20.1 Å². The predicted octanol–water partition coefficient (Wildman–Crippen LogP) is 2.56. The average Bonchev–Trinajstić information content (AvgIpc) is 3.46. The van der Waals surface area contributed by atoms with Crippen molar-refractivity contribution < 1.29 is 9.21 Å². The summed E-state index contributed by atoms with van der Waals surface area (Å²) in [5.41, 5.74) is 1.21. The van der Waals surface area contributed by atoms with Crippen molar-refractivity contribution in [3.8, 4) is 0 Å². The van der Waals surface area contributed by atoms with Crippen molar-refractivity contribution in [1.82, 2.24) is 20.9 Å². The van der Waals surface area contributed by atoms with E-state index in [0.29, 0.717) is 19.0 Å². The summed E-state index contributed by atoms with van der Waals surface area (Å²) in [4.78, 5) is 18.8. The van der Waals surface area contributed by atoms with Crippen molar-refractivity contribution in [3.63, 3.8) is 0 Å². The fourth-order valence-electron chi connectivity index (χ4n) is 3.58. The van der Waals surface area contributed by atoms with Crippen molar-refractivity contribution in [2.75, 3.05) is 39.8 Å². The van der Waals surface area contributed by atoms with Gasteiger partial charge in [-0.15, -0.1) is 24.0 Å². The molecule has 2 heterocycles. The number of carbonyl (C=O) groups is 1. The Morgan fingerprint density at radius 3 is 2.53 bits per heavy atom. The molecule has 3 rings (SSSR count). The maximum atomic E-state index is 12.1. The van der Waals surface area contributed by atoms with Crippen LogP contribution >= 0.6 is 24.0 Å². The lowest BCUT2D eigenvalue weighted by molar-refractivity contribution is -0.119. The van der Waals surface area contributed by atoms with Crippen molar-refractivity contribution in [2.24, 2.45) is 4.99 Å². The van der Waals surface area contributed by atoms with Crippen LogP contribution in [0.2, 0.25) is 0 Å². The maximum Gasteiger partial charge on any atom is 0.239 e. The van der Waals surface area contributed by atoms with Gasteiger partial charge in [-0.3, -0.25) is 14.7 Å². The van der Waals surface area contributed by atoms with Crippen molar-refractivity contribution >= 4 is 35.8 Å². The lowest BCUT2D eigenvalue weighted by Crippen LogP contribution is -2.46. The first-order valence-corrected chi connectivity index (χ1v) is 10.3. The van der Waals surface area contributed by atoms with E-state index in [0.717, 1.165) is 25.3 Å². The summed E-state index contributed by atoms with van der Waals surface area (Å²) >= 11 is 0. The molecule has 1 aliphatic rings. The molecule has 1 saturated heterocycles. The van der Waals surface area contributed by atoms with Gasteiger partial charge in [-0.2, -0.15) is 0 Å². The van der Waals surface area contributed by atoms with Crippen LogP contribution in [0.5, 0.6) is 0 Å². The molecule has 1 amide bonds. The van der Waals surface area contributed by atoms with Crippen LogP contribution in [0.15, 0.2) is 58.1 Å². The van der Waals surface area contributed by atoms with Crippen LogP contribution in [-0.2, 0) is 11.2 Å². The number of hydrogen-bond donors (Lipinski definition) is 3. The van der Waals surface area contributed by atoms with E-state index in [-0.39, 0.29) is 42.5 Å². The first-order chi connectivity index (χ1) is 14.3. The number of aliphatic imine (C=N–C) groups is 1. The molecular weight excluding hydrogens is 493 g/mol. The topological polar surface area (TPSA) is 81.9 Å². The van der Waals surface area contributed by atoms with Gasteiger partial charge in [-0.25, -0.2) is 0 Å². The molecule has 2 aromatic rings. The SMILES string of the molecule is CN=C(NCC(=O)NCCc1ccccc1)NCC(c1ccco1)N1CCCC1.I. The molecule has 0 radical (unpaired) electrons. The molecule has 0 spiro atoms. The van der Waals surface area contributed by atoms with Gasteiger partial charge in [0.2, 0.25) is 5.91 Å². The van der Waals surface area contributed by atoms with Gasteiger partial charge in [0.1, 0.15) is 5.76 Å². The molecule has 1 aliphatic heterocycles. The van der Waals surface area contributed by atoms with E-state index in [4.69, 9.17) is 4.42 Å². The second-order valence-corrected chi connectivity index (χ2v) is 7.17. The van der Waals surface area contributed by atoms with Gasteiger partial charge in [0.25, 0.3) is 0 Å². The van der Waals surface area contributed by atoms with Gasteiger partial charge in [-0.05, 0) is 50.0 Å². The molecule has 30 heavy (non-hydrogen) atoms. The van der Waals surface area contributed by atoms with Gasteiger partial charge in [0.05, 0.1) is 18.8 Å². The summed E-state index contributed by atoms with van der Waals surface area (Å²) in [6.45, 7) is 3.62. The molecule has 8 heteroatoms. The second-order valence-electron chi connectivity index (χ2n) is 7.17. The van der Waals surface area contributed by atoms with E-state index in [1.165, 1.54) is 18.4 Å². The molecule has 7 nitrogen and oxygen atoms in total. The van der Waals surface area contributed by atoms with E-state index < -0.39 is 0 Å². The average molecular weight is 525 g/mol. The zero-order valence-electron chi connectivity index (χ0n) is 17.5. The molecule has 0 saturated carbocycles. The molecule has 1 unspecified atom stereocenters. The minimum absolute atomic E-state index is 0. The summed E-state index contributed by atoms with van der Waals surface area (Å²) in [5.74, 6) is 1.51. The Bertz CT molecular complexity index is 761.